The van der Waals surface area contributed by atoms with Crippen LogP contribution < -0.4 is 10.9 Å². The van der Waals surface area contributed by atoms with Gasteiger partial charge in [0.15, 0.2) is 11.5 Å². The van der Waals surface area contributed by atoms with Crippen LogP contribution in [0.15, 0.2) is 47.6 Å². The monoisotopic (exact) mass is 443 g/mol. The predicted molar refractivity (Wildman–Crippen MR) is 116 cm³/mol. The molecule has 1 aliphatic carbocycles. The number of fused-ring (bicyclic) bond motifs is 1. The van der Waals surface area contributed by atoms with Crippen LogP contribution >= 0.6 is 0 Å². The van der Waals surface area contributed by atoms with Crippen molar-refractivity contribution in [3.05, 3.63) is 48.3 Å². The van der Waals surface area contributed by atoms with Gasteiger partial charge in [0.25, 0.3) is 10.0 Å². The molecule has 164 valence electrons. The molecule has 0 radical (unpaired) electrons. The number of aromatic nitrogens is 3. The Kier molecular flexibility index (Phi) is 5.67. The van der Waals surface area contributed by atoms with Crippen LogP contribution in [-0.2, 0) is 14.8 Å². The van der Waals surface area contributed by atoms with E-state index in [1.807, 2.05) is 13.8 Å². The molecule has 4 rings (SSSR count). The summed E-state index contributed by atoms with van der Waals surface area (Å²) in [5.41, 5.74) is 6.91. The zero-order valence-electron chi connectivity index (χ0n) is 17.3. The number of anilines is 1. The Morgan fingerprint density at radius 2 is 1.97 bits per heavy atom. The van der Waals surface area contributed by atoms with Crippen LogP contribution in [0.4, 0.5) is 5.82 Å². The fourth-order valence-corrected chi connectivity index (χ4v) is 5.35. The number of nitrogens with zero attached hydrogens (tertiary/aromatic N) is 3. The topological polar surface area (TPSA) is 126 Å². The van der Waals surface area contributed by atoms with Crippen LogP contribution in [0.25, 0.3) is 11.2 Å². The molecule has 1 saturated carbocycles. The minimum absolute atomic E-state index is 0.145. The average Bonchev–Trinajstić information content (AvgIpc) is 3.35. The summed E-state index contributed by atoms with van der Waals surface area (Å²) in [5.74, 6) is -0.0287. The highest BCUT2D eigenvalue weighted by Crippen LogP contribution is 2.34. The van der Waals surface area contributed by atoms with E-state index in [0.29, 0.717) is 18.4 Å². The number of hydrazine groups is 1. The maximum absolute atomic E-state index is 13.0. The molecule has 1 fully saturated rings. The molecule has 2 aromatic heterocycles. The molecule has 1 aromatic carbocycles. The number of hydrogen-bond donors (Lipinski definition) is 3. The molecule has 9 nitrogen and oxygen atoms in total. The van der Waals surface area contributed by atoms with Gasteiger partial charge in [-0.3, -0.25) is 15.6 Å². The first-order valence-electron chi connectivity index (χ1n) is 10.2. The lowest BCUT2D eigenvalue weighted by Gasteiger charge is -2.17. The fourth-order valence-electron chi connectivity index (χ4n) is 4.05. The number of carbonyl (C=O) groups excluding carboxylic acids is 1. The largest absolute Gasteiger partial charge is 0.393 e. The van der Waals surface area contributed by atoms with Gasteiger partial charge in [-0.1, -0.05) is 31.0 Å². The quantitative estimate of drug-likeness (QED) is 0.499. The number of carbonyl (C=O) groups is 1. The highest BCUT2D eigenvalue weighted by atomic mass is 32.2. The van der Waals surface area contributed by atoms with Crippen molar-refractivity contribution < 1.29 is 18.3 Å². The van der Waals surface area contributed by atoms with Gasteiger partial charge in [-0.25, -0.2) is 22.4 Å². The summed E-state index contributed by atoms with van der Waals surface area (Å²) in [5, 5.41) is 9.84. The molecule has 1 amide bonds. The lowest BCUT2D eigenvalue weighted by Crippen LogP contribution is -2.36. The van der Waals surface area contributed by atoms with Gasteiger partial charge in [0.2, 0.25) is 5.91 Å². The molecule has 0 unspecified atom stereocenters. The van der Waals surface area contributed by atoms with Crippen molar-refractivity contribution >= 4 is 32.9 Å². The average molecular weight is 444 g/mol. The second kappa shape index (κ2) is 8.27. The van der Waals surface area contributed by atoms with E-state index in [0.717, 1.165) is 16.0 Å². The summed E-state index contributed by atoms with van der Waals surface area (Å²) in [6.45, 7) is 3.89. The molecule has 0 spiro atoms. The molecular formula is C21H25N5O4S. The Labute approximate surface area is 180 Å². The van der Waals surface area contributed by atoms with Gasteiger partial charge in [-0.2, -0.15) is 0 Å². The van der Waals surface area contributed by atoms with E-state index in [4.69, 9.17) is 0 Å². The Balaban J connectivity index is 1.51. The molecule has 0 bridgehead atoms. The van der Waals surface area contributed by atoms with Crippen LogP contribution in [0.1, 0.15) is 31.7 Å². The first-order chi connectivity index (χ1) is 14.8. The Bertz CT molecular complexity index is 1210. The summed E-state index contributed by atoms with van der Waals surface area (Å²) in [7, 11) is -3.80. The lowest BCUT2D eigenvalue weighted by molar-refractivity contribution is -0.125. The smallest absolute Gasteiger partial charge is 0.269 e. The van der Waals surface area contributed by atoms with Gasteiger partial charge >= 0.3 is 0 Å². The van der Waals surface area contributed by atoms with E-state index in [9.17, 15) is 18.3 Å². The van der Waals surface area contributed by atoms with E-state index >= 15 is 0 Å². The maximum Gasteiger partial charge on any atom is 0.269 e. The highest BCUT2D eigenvalue weighted by Gasteiger charge is 2.36. The SMILES string of the molecule is CC[C@@H]1C[C@H](O)C[C@@H]1C(=O)NNc1cnc2c(ccn2S(=O)(=O)c2ccc(C)cc2)n1. The summed E-state index contributed by atoms with van der Waals surface area (Å²) in [4.78, 5) is 21.2. The van der Waals surface area contributed by atoms with Crippen molar-refractivity contribution in [1.29, 1.82) is 0 Å². The van der Waals surface area contributed by atoms with Gasteiger partial charge in [-0.15, -0.1) is 0 Å². The number of benzene rings is 1. The standard InChI is InChI=1S/C21H25N5O4S/c1-3-14-10-15(27)11-17(14)21(28)25-24-19-12-22-20-18(23-19)8-9-26(20)31(29,30)16-6-4-13(2)5-7-16/h4-9,12,14-15,17,27H,3,10-11H2,1-2H3,(H,23,24)(H,25,28)/t14-,15+,17+/m1/s1. The summed E-state index contributed by atoms with van der Waals surface area (Å²) in [6.07, 6.45) is 4.22. The van der Waals surface area contributed by atoms with Gasteiger partial charge in [0.1, 0.15) is 5.52 Å². The third-order valence-corrected chi connectivity index (χ3v) is 7.46. The molecule has 1 aliphatic rings. The molecule has 0 saturated heterocycles. The molecule has 31 heavy (non-hydrogen) atoms. The zero-order valence-corrected chi connectivity index (χ0v) is 18.1. The number of aryl methyl sites for hydroxylation is 1. The molecule has 3 aromatic rings. The molecular weight excluding hydrogens is 418 g/mol. The predicted octanol–water partition coefficient (Wildman–Crippen LogP) is 2.22. The van der Waals surface area contributed by atoms with Crippen molar-refractivity contribution in [2.75, 3.05) is 5.43 Å². The van der Waals surface area contributed by atoms with Crippen molar-refractivity contribution in [3.63, 3.8) is 0 Å². The van der Waals surface area contributed by atoms with Crippen LogP contribution in [0.3, 0.4) is 0 Å². The molecule has 2 heterocycles. The lowest BCUT2D eigenvalue weighted by atomic mass is 9.93. The molecule has 3 atom stereocenters. The number of rotatable bonds is 6. The third-order valence-electron chi connectivity index (χ3n) is 5.78. The normalized spacial score (nSPS) is 21.3. The minimum Gasteiger partial charge on any atom is -0.393 e. The second-order valence-corrected chi connectivity index (χ2v) is 9.72. The van der Waals surface area contributed by atoms with E-state index in [2.05, 4.69) is 20.8 Å². The van der Waals surface area contributed by atoms with E-state index in [-0.39, 0.29) is 34.1 Å². The van der Waals surface area contributed by atoms with Crippen LogP contribution in [0, 0.1) is 18.8 Å². The molecule has 3 N–H and O–H groups in total. The van der Waals surface area contributed by atoms with Crippen molar-refractivity contribution in [1.82, 2.24) is 19.4 Å². The Hall–Kier alpha value is -2.98. The number of amides is 1. The van der Waals surface area contributed by atoms with Gasteiger partial charge in [0, 0.05) is 12.1 Å². The molecule has 0 aliphatic heterocycles. The summed E-state index contributed by atoms with van der Waals surface area (Å²) >= 11 is 0. The van der Waals surface area contributed by atoms with Crippen molar-refractivity contribution in [3.8, 4) is 0 Å². The molecule has 10 heteroatoms. The number of aliphatic hydroxyl groups excluding tert-OH is 1. The van der Waals surface area contributed by atoms with Crippen LogP contribution in [0.5, 0.6) is 0 Å². The van der Waals surface area contributed by atoms with Crippen LogP contribution in [0.2, 0.25) is 0 Å². The van der Waals surface area contributed by atoms with Gasteiger partial charge in [-0.05, 0) is 43.9 Å². The van der Waals surface area contributed by atoms with Crippen LogP contribution in [-0.4, -0.2) is 39.5 Å². The number of aliphatic hydroxyl groups is 1. The first kappa shape index (κ1) is 21.3. The summed E-state index contributed by atoms with van der Waals surface area (Å²) < 4.78 is 27.0. The zero-order chi connectivity index (χ0) is 22.2. The van der Waals surface area contributed by atoms with E-state index < -0.39 is 16.1 Å². The third kappa shape index (κ3) is 4.13. The summed E-state index contributed by atoms with van der Waals surface area (Å²) in [6, 6.07) is 8.14. The maximum atomic E-state index is 13.0. The Morgan fingerprint density at radius 3 is 2.68 bits per heavy atom. The minimum atomic E-state index is -3.80. The number of nitrogens with one attached hydrogen (secondary N) is 2. The highest BCUT2D eigenvalue weighted by molar-refractivity contribution is 7.90. The number of hydrogen-bond acceptors (Lipinski definition) is 7. The van der Waals surface area contributed by atoms with Crippen molar-refractivity contribution in [2.24, 2.45) is 11.8 Å². The van der Waals surface area contributed by atoms with E-state index in [1.54, 1.807) is 30.3 Å². The van der Waals surface area contributed by atoms with Gasteiger partial charge in [0.05, 0.1) is 17.2 Å². The van der Waals surface area contributed by atoms with Crippen molar-refractivity contribution in [2.45, 2.75) is 44.1 Å². The Morgan fingerprint density at radius 1 is 1.23 bits per heavy atom. The van der Waals surface area contributed by atoms with Gasteiger partial charge < -0.3 is 5.11 Å². The van der Waals surface area contributed by atoms with E-state index in [1.165, 1.54) is 12.4 Å². The fraction of sp³-hybridized carbons (Fsp3) is 0.381. The first-order valence-corrected chi connectivity index (χ1v) is 11.6. The second-order valence-electron chi connectivity index (χ2n) is 7.91.